The first-order valence-corrected chi connectivity index (χ1v) is 9.20. The lowest BCUT2D eigenvalue weighted by Gasteiger charge is -2.17. The van der Waals surface area contributed by atoms with Crippen molar-refractivity contribution in [3.8, 4) is 0 Å². The molecule has 0 spiro atoms. The first-order chi connectivity index (χ1) is 13.7. The van der Waals surface area contributed by atoms with E-state index in [1.54, 1.807) is 30.3 Å². The Morgan fingerprint density at radius 3 is 2.24 bits per heavy atom. The maximum absolute atomic E-state index is 12.9. The summed E-state index contributed by atoms with van der Waals surface area (Å²) in [6.45, 7) is 0. The van der Waals surface area contributed by atoms with Gasteiger partial charge in [-0.05, 0) is 23.8 Å². The van der Waals surface area contributed by atoms with Crippen LogP contribution in [-0.4, -0.2) is 15.9 Å². The molecule has 10 heteroatoms. The third-order valence-electron chi connectivity index (χ3n) is 3.77. The van der Waals surface area contributed by atoms with Gasteiger partial charge < -0.3 is 16.8 Å². The van der Waals surface area contributed by atoms with E-state index >= 15 is 0 Å². The van der Waals surface area contributed by atoms with Crippen LogP contribution >= 0.6 is 11.8 Å². The number of halogens is 3. The number of benzene rings is 2. The second-order valence-electron chi connectivity index (χ2n) is 5.98. The van der Waals surface area contributed by atoms with Gasteiger partial charge in [0.05, 0.1) is 5.56 Å². The maximum atomic E-state index is 12.9. The molecule has 0 bridgehead atoms. The second kappa shape index (κ2) is 8.39. The normalized spacial score (nSPS) is 12.4. The Kier molecular flexibility index (Phi) is 5.92. The molecule has 1 heterocycles. The smallest absolute Gasteiger partial charge is 0.383 e. The van der Waals surface area contributed by atoms with Gasteiger partial charge in [-0.25, -0.2) is 9.97 Å². The number of hydrogen-bond acceptors (Lipinski definition) is 6. The summed E-state index contributed by atoms with van der Waals surface area (Å²) < 4.78 is 38.8. The molecule has 3 aromatic rings. The van der Waals surface area contributed by atoms with Crippen molar-refractivity contribution in [3.05, 3.63) is 71.8 Å². The molecule has 0 radical (unpaired) electrons. The van der Waals surface area contributed by atoms with Gasteiger partial charge in [0, 0.05) is 11.8 Å². The van der Waals surface area contributed by atoms with Crippen molar-refractivity contribution in [3.63, 3.8) is 0 Å². The van der Waals surface area contributed by atoms with Crippen LogP contribution in [0.15, 0.2) is 65.8 Å². The van der Waals surface area contributed by atoms with E-state index in [2.05, 4.69) is 15.3 Å². The van der Waals surface area contributed by atoms with Crippen LogP contribution in [0.3, 0.4) is 0 Å². The summed E-state index contributed by atoms with van der Waals surface area (Å²) in [5, 5.41) is 1.86. The standard InChI is InChI=1S/C19H16F3N5OS/c20-19(21,22)12-7-4-8-13(9-12)25-17(28)16(11-5-2-1-3-6-11)29-18-26-14(23)10-15(24)27-18/h1-10,16H,(H,25,28)(H4,23,24,26,27)/t16-/m0/s1. The molecule has 0 fully saturated rings. The van der Waals surface area contributed by atoms with Crippen LogP contribution in [0.25, 0.3) is 0 Å². The third kappa shape index (κ3) is 5.38. The largest absolute Gasteiger partial charge is 0.416 e. The van der Waals surface area contributed by atoms with Crippen LogP contribution in [-0.2, 0) is 11.0 Å². The Labute approximate surface area is 168 Å². The number of nitrogens with zero attached hydrogens (tertiary/aromatic N) is 2. The molecule has 2 aromatic carbocycles. The SMILES string of the molecule is Nc1cc(N)nc(S[C@H](C(=O)Nc2cccc(C(F)(F)F)c2)c2ccccc2)n1. The number of nitrogens with two attached hydrogens (primary N) is 2. The van der Waals surface area contributed by atoms with Crippen LogP contribution in [0.5, 0.6) is 0 Å². The lowest BCUT2D eigenvalue weighted by molar-refractivity contribution is -0.137. The van der Waals surface area contributed by atoms with Gasteiger partial charge in [-0.15, -0.1) is 0 Å². The number of hydrogen-bond donors (Lipinski definition) is 3. The van der Waals surface area contributed by atoms with Crippen molar-refractivity contribution in [2.45, 2.75) is 16.6 Å². The van der Waals surface area contributed by atoms with E-state index in [-0.39, 0.29) is 22.5 Å². The Morgan fingerprint density at radius 1 is 0.966 bits per heavy atom. The fourth-order valence-electron chi connectivity index (χ4n) is 2.50. The van der Waals surface area contributed by atoms with Crippen molar-refractivity contribution in [1.29, 1.82) is 0 Å². The highest BCUT2D eigenvalue weighted by atomic mass is 32.2. The highest BCUT2D eigenvalue weighted by Crippen LogP contribution is 2.36. The first kappa shape index (κ1) is 20.5. The van der Waals surface area contributed by atoms with E-state index in [0.717, 1.165) is 23.9 Å². The van der Waals surface area contributed by atoms with Gasteiger partial charge in [0.1, 0.15) is 16.9 Å². The summed E-state index contributed by atoms with van der Waals surface area (Å²) in [6, 6.07) is 14.5. The number of alkyl halides is 3. The van der Waals surface area contributed by atoms with Crippen LogP contribution in [0, 0.1) is 0 Å². The lowest BCUT2D eigenvalue weighted by atomic mass is 10.1. The van der Waals surface area contributed by atoms with Crippen LogP contribution in [0.1, 0.15) is 16.4 Å². The molecule has 1 amide bonds. The topological polar surface area (TPSA) is 107 Å². The van der Waals surface area contributed by atoms with Crippen LogP contribution in [0.4, 0.5) is 30.5 Å². The van der Waals surface area contributed by atoms with E-state index in [0.29, 0.717) is 5.56 Å². The molecular weight excluding hydrogens is 403 g/mol. The Hall–Kier alpha value is -3.27. The van der Waals surface area contributed by atoms with E-state index < -0.39 is 22.9 Å². The van der Waals surface area contributed by atoms with E-state index in [1.807, 2.05) is 0 Å². The summed E-state index contributed by atoms with van der Waals surface area (Å²) in [5.74, 6) is -0.250. The fraction of sp³-hybridized carbons (Fsp3) is 0.105. The Morgan fingerprint density at radius 2 is 1.62 bits per heavy atom. The van der Waals surface area contributed by atoms with E-state index in [4.69, 9.17) is 11.5 Å². The van der Waals surface area contributed by atoms with Crippen molar-refractivity contribution in [2.24, 2.45) is 0 Å². The van der Waals surface area contributed by atoms with Gasteiger partial charge in [0.2, 0.25) is 5.91 Å². The summed E-state index contributed by atoms with van der Waals surface area (Å²) in [5.41, 5.74) is 11.1. The second-order valence-corrected chi connectivity index (χ2v) is 7.05. The number of thioether (sulfide) groups is 1. The van der Waals surface area contributed by atoms with Crippen molar-refractivity contribution >= 4 is 35.0 Å². The van der Waals surface area contributed by atoms with Gasteiger partial charge in [-0.2, -0.15) is 13.2 Å². The highest BCUT2D eigenvalue weighted by molar-refractivity contribution is 8.00. The average molecular weight is 419 g/mol. The summed E-state index contributed by atoms with van der Waals surface area (Å²) in [4.78, 5) is 21.0. The quantitative estimate of drug-likeness (QED) is 0.424. The minimum atomic E-state index is -4.51. The lowest BCUT2D eigenvalue weighted by Crippen LogP contribution is -2.20. The summed E-state index contributed by atoms with van der Waals surface area (Å²) in [7, 11) is 0. The van der Waals surface area contributed by atoms with Gasteiger partial charge in [-0.1, -0.05) is 48.2 Å². The van der Waals surface area contributed by atoms with E-state index in [1.165, 1.54) is 18.2 Å². The average Bonchev–Trinajstić information content (AvgIpc) is 2.65. The minimum Gasteiger partial charge on any atom is -0.383 e. The molecule has 5 N–H and O–H groups in total. The zero-order valence-corrected chi connectivity index (χ0v) is 15.7. The number of amides is 1. The molecule has 0 aliphatic heterocycles. The molecule has 0 aliphatic carbocycles. The monoisotopic (exact) mass is 419 g/mol. The van der Waals surface area contributed by atoms with Crippen LogP contribution < -0.4 is 16.8 Å². The molecule has 150 valence electrons. The number of carbonyl (C=O) groups is 1. The maximum Gasteiger partial charge on any atom is 0.416 e. The van der Waals surface area contributed by atoms with Gasteiger partial charge in [0.15, 0.2) is 5.16 Å². The van der Waals surface area contributed by atoms with Crippen molar-refractivity contribution in [2.75, 3.05) is 16.8 Å². The van der Waals surface area contributed by atoms with Gasteiger partial charge >= 0.3 is 6.18 Å². The van der Waals surface area contributed by atoms with Gasteiger partial charge in [0.25, 0.3) is 0 Å². The molecule has 1 aromatic heterocycles. The number of rotatable bonds is 5. The Bertz CT molecular complexity index is 994. The molecule has 0 aliphatic rings. The summed E-state index contributed by atoms with van der Waals surface area (Å²) in [6.07, 6.45) is -4.51. The molecule has 6 nitrogen and oxygen atoms in total. The molecular formula is C19H16F3N5OS. The zero-order chi connectivity index (χ0) is 21.0. The van der Waals surface area contributed by atoms with E-state index in [9.17, 15) is 18.0 Å². The third-order valence-corrected chi connectivity index (χ3v) is 4.88. The molecule has 3 rings (SSSR count). The predicted octanol–water partition coefficient (Wildman–Crippen LogP) is 4.13. The number of aromatic nitrogens is 2. The molecule has 29 heavy (non-hydrogen) atoms. The molecule has 0 unspecified atom stereocenters. The molecule has 1 atom stereocenters. The number of nitrogen functional groups attached to an aromatic ring is 2. The number of carbonyl (C=O) groups excluding carboxylic acids is 1. The number of nitrogens with one attached hydrogen (secondary N) is 1. The van der Waals surface area contributed by atoms with Gasteiger partial charge in [-0.3, -0.25) is 4.79 Å². The number of anilines is 3. The Balaban J connectivity index is 1.89. The van der Waals surface area contributed by atoms with Crippen molar-refractivity contribution < 1.29 is 18.0 Å². The molecule has 0 saturated carbocycles. The van der Waals surface area contributed by atoms with Crippen molar-refractivity contribution in [1.82, 2.24) is 9.97 Å². The summed E-state index contributed by atoms with van der Waals surface area (Å²) >= 11 is 0.991. The fourth-order valence-corrected chi connectivity index (χ4v) is 3.49. The molecule has 0 saturated heterocycles. The highest BCUT2D eigenvalue weighted by Gasteiger charge is 2.31. The minimum absolute atomic E-state index is 0.0272. The zero-order valence-electron chi connectivity index (χ0n) is 14.9. The first-order valence-electron chi connectivity index (χ1n) is 8.32. The predicted molar refractivity (Wildman–Crippen MR) is 106 cm³/mol. The van der Waals surface area contributed by atoms with Crippen LogP contribution in [0.2, 0.25) is 0 Å².